The topological polar surface area (TPSA) is 66.1 Å². The number of halogens is 1. The van der Waals surface area contributed by atoms with Gasteiger partial charge in [-0.05, 0) is 43.3 Å². The molecule has 1 aromatic heterocycles. The van der Waals surface area contributed by atoms with Crippen LogP contribution >= 0.6 is 0 Å². The number of nitrogens with zero attached hydrogens (tertiary/aromatic N) is 1. The molecule has 0 saturated carbocycles. The minimum absolute atomic E-state index is 0.0525. The first kappa shape index (κ1) is 14.8. The predicted octanol–water partition coefficient (Wildman–Crippen LogP) is 3.15. The van der Waals surface area contributed by atoms with Gasteiger partial charge in [0.05, 0.1) is 17.9 Å². The van der Waals surface area contributed by atoms with Crippen LogP contribution in [-0.4, -0.2) is 18.1 Å². The second-order valence-corrected chi connectivity index (χ2v) is 4.55. The third kappa shape index (κ3) is 4.17. The zero-order valence-corrected chi connectivity index (χ0v) is 11.9. The van der Waals surface area contributed by atoms with Crippen molar-refractivity contribution in [3.8, 4) is 0 Å². The van der Waals surface area contributed by atoms with Crippen molar-refractivity contribution in [1.29, 1.82) is 0 Å². The Balaban J connectivity index is 1.99. The molecule has 0 bridgehead atoms. The summed E-state index contributed by atoms with van der Waals surface area (Å²) in [6.07, 6.45) is 1.20. The molecule has 1 atom stereocenters. The molecule has 1 unspecified atom stereocenters. The molecular weight excluding hydrogens is 271 g/mol. The quantitative estimate of drug-likeness (QED) is 0.809. The number of urea groups is 1. The number of carbonyl (C=O) groups excluding carboxylic acids is 1. The maximum absolute atomic E-state index is 12.8. The van der Waals surface area contributed by atoms with Gasteiger partial charge in [-0.3, -0.25) is 4.98 Å². The van der Waals surface area contributed by atoms with E-state index >= 15 is 0 Å². The Morgan fingerprint density at radius 1 is 1.14 bits per heavy atom. The molecule has 0 fully saturated rings. The Kier molecular flexibility index (Phi) is 4.71. The Morgan fingerprint density at radius 2 is 1.81 bits per heavy atom. The largest absolute Gasteiger partial charge is 0.377 e. The lowest BCUT2D eigenvalue weighted by atomic mass is 10.2. The molecule has 0 aliphatic heterocycles. The molecule has 1 aromatic carbocycles. The van der Waals surface area contributed by atoms with Crippen molar-refractivity contribution in [2.24, 2.45) is 0 Å². The normalized spacial score (nSPS) is 11.6. The summed E-state index contributed by atoms with van der Waals surface area (Å²) in [5.41, 5.74) is 2.34. The Labute approximate surface area is 122 Å². The molecule has 0 spiro atoms. The number of nitrogens with one attached hydrogen (secondary N) is 3. The van der Waals surface area contributed by atoms with Gasteiger partial charge in [0.2, 0.25) is 0 Å². The highest BCUT2D eigenvalue weighted by Crippen LogP contribution is 2.19. The molecule has 21 heavy (non-hydrogen) atoms. The van der Waals surface area contributed by atoms with Crippen molar-refractivity contribution in [2.45, 2.75) is 13.0 Å². The van der Waals surface area contributed by atoms with Crippen LogP contribution < -0.4 is 16.0 Å². The lowest BCUT2D eigenvalue weighted by Gasteiger charge is -2.15. The molecule has 1 heterocycles. The fraction of sp³-hybridized carbons (Fsp3) is 0.200. The van der Waals surface area contributed by atoms with Crippen LogP contribution in [0.5, 0.6) is 0 Å². The van der Waals surface area contributed by atoms with Crippen LogP contribution in [0.25, 0.3) is 0 Å². The van der Waals surface area contributed by atoms with Gasteiger partial charge in [0, 0.05) is 18.4 Å². The summed E-state index contributed by atoms with van der Waals surface area (Å²) in [6, 6.07) is 10.0. The number of hydrogen-bond acceptors (Lipinski definition) is 3. The van der Waals surface area contributed by atoms with E-state index in [0.29, 0.717) is 5.69 Å². The lowest BCUT2D eigenvalue weighted by molar-refractivity contribution is 0.254. The van der Waals surface area contributed by atoms with Gasteiger partial charge in [-0.15, -0.1) is 0 Å². The minimum atomic E-state index is -0.351. The molecule has 2 amide bonds. The van der Waals surface area contributed by atoms with Crippen LogP contribution in [0.1, 0.15) is 18.7 Å². The van der Waals surface area contributed by atoms with Crippen LogP contribution in [0.2, 0.25) is 0 Å². The summed E-state index contributed by atoms with van der Waals surface area (Å²) in [5.74, 6) is -0.351. The first-order valence-electron chi connectivity index (χ1n) is 6.55. The van der Waals surface area contributed by atoms with E-state index in [9.17, 15) is 9.18 Å². The van der Waals surface area contributed by atoms with E-state index in [4.69, 9.17) is 0 Å². The first-order chi connectivity index (χ1) is 10.1. The predicted molar refractivity (Wildman–Crippen MR) is 80.8 cm³/mol. The molecule has 0 radical (unpaired) electrons. The number of anilines is 2. The monoisotopic (exact) mass is 288 g/mol. The number of amides is 2. The van der Waals surface area contributed by atoms with E-state index in [0.717, 1.165) is 11.4 Å². The summed E-state index contributed by atoms with van der Waals surface area (Å²) in [7, 11) is 1.56. The second-order valence-electron chi connectivity index (χ2n) is 4.55. The Hall–Kier alpha value is -2.63. The Morgan fingerprint density at radius 3 is 2.38 bits per heavy atom. The van der Waals surface area contributed by atoms with Crippen LogP contribution in [0.3, 0.4) is 0 Å². The minimum Gasteiger partial charge on any atom is -0.377 e. The number of pyridine rings is 1. The third-order valence-electron chi connectivity index (χ3n) is 2.95. The fourth-order valence-corrected chi connectivity index (χ4v) is 1.81. The van der Waals surface area contributed by atoms with Gasteiger partial charge >= 0.3 is 6.03 Å². The van der Waals surface area contributed by atoms with Gasteiger partial charge < -0.3 is 16.0 Å². The highest BCUT2D eigenvalue weighted by atomic mass is 19.1. The summed E-state index contributed by atoms with van der Waals surface area (Å²) in [5, 5.41) is 8.42. The highest BCUT2D eigenvalue weighted by Gasteiger charge is 2.07. The van der Waals surface area contributed by atoms with E-state index in [2.05, 4.69) is 20.9 Å². The first-order valence-corrected chi connectivity index (χ1v) is 6.55. The average molecular weight is 288 g/mol. The molecule has 0 saturated heterocycles. The zero-order chi connectivity index (χ0) is 15.2. The third-order valence-corrected chi connectivity index (χ3v) is 2.95. The van der Waals surface area contributed by atoms with Crippen molar-refractivity contribution in [3.05, 3.63) is 54.1 Å². The highest BCUT2D eigenvalue weighted by molar-refractivity contribution is 5.89. The molecule has 0 aliphatic carbocycles. The van der Waals surface area contributed by atoms with Gasteiger partial charge in [-0.1, -0.05) is 0 Å². The number of benzene rings is 1. The molecule has 2 aromatic rings. The van der Waals surface area contributed by atoms with Gasteiger partial charge in [0.15, 0.2) is 0 Å². The van der Waals surface area contributed by atoms with Crippen molar-refractivity contribution >= 4 is 17.4 Å². The number of rotatable bonds is 4. The molecule has 0 aliphatic rings. The van der Waals surface area contributed by atoms with E-state index in [1.165, 1.54) is 12.3 Å². The standard InChI is InChI=1S/C15H17FN4O/c1-10(14-8-3-11(16)9-18-14)19-12-4-6-13(7-5-12)20-15(21)17-2/h3-10,19H,1-2H3,(H2,17,20,21). The van der Waals surface area contributed by atoms with Gasteiger partial charge in [0.1, 0.15) is 5.82 Å². The number of hydrogen-bond donors (Lipinski definition) is 3. The molecule has 3 N–H and O–H groups in total. The van der Waals surface area contributed by atoms with Crippen molar-refractivity contribution in [2.75, 3.05) is 17.7 Å². The maximum Gasteiger partial charge on any atom is 0.318 e. The lowest BCUT2D eigenvalue weighted by Crippen LogP contribution is -2.24. The van der Waals surface area contributed by atoms with Gasteiger partial charge in [-0.2, -0.15) is 0 Å². The fourth-order valence-electron chi connectivity index (χ4n) is 1.81. The molecule has 5 nitrogen and oxygen atoms in total. The summed E-state index contributed by atoms with van der Waals surface area (Å²) in [6.45, 7) is 1.94. The smallest absolute Gasteiger partial charge is 0.318 e. The molecular formula is C15H17FN4O. The number of aromatic nitrogens is 1. The zero-order valence-electron chi connectivity index (χ0n) is 11.9. The van der Waals surface area contributed by atoms with Crippen molar-refractivity contribution in [3.63, 3.8) is 0 Å². The van der Waals surface area contributed by atoms with Crippen molar-refractivity contribution in [1.82, 2.24) is 10.3 Å². The molecule has 110 valence electrons. The Bertz CT molecular complexity index is 598. The molecule has 6 heteroatoms. The van der Waals surface area contributed by atoms with Crippen molar-refractivity contribution < 1.29 is 9.18 Å². The van der Waals surface area contributed by atoms with Crippen LogP contribution in [0.4, 0.5) is 20.6 Å². The van der Waals surface area contributed by atoms with E-state index in [-0.39, 0.29) is 17.9 Å². The average Bonchev–Trinajstić information content (AvgIpc) is 2.49. The number of carbonyl (C=O) groups is 1. The van der Waals surface area contributed by atoms with E-state index in [1.54, 1.807) is 25.2 Å². The van der Waals surface area contributed by atoms with E-state index < -0.39 is 0 Å². The van der Waals surface area contributed by atoms with Gasteiger partial charge in [0.25, 0.3) is 0 Å². The summed E-state index contributed by atoms with van der Waals surface area (Å²) >= 11 is 0. The maximum atomic E-state index is 12.8. The van der Waals surface area contributed by atoms with E-state index in [1.807, 2.05) is 19.1 Å². The summed E-state index contributed by atoms with van der Waals surface area (Å²) in [4.78, 5) is 15.2. The molecule has 2 rings (SSSR count). The van der Waals surface area contributed by atoms with Crippen LogP contribution in [-0.2, 0) is 0 Å². The SMILES string of the molecule is CNC(=O)Nc1ccc(NC(C)c2ccc(F)cn2)cc1. The summed E-state index contributed by atoms with van der Waals surface area (Å²) < 4.78 is 12.8. The van der Waals surface area contributed by atoms with Gasteiger partial charge in [-0.25, -0.2) is 9.18 Å². The van der Waals surface area contributed by atoms with Crippen LogP contribution in [0.15, 0.2) is 42.6 Å². The van der Waals surface area contributed by atoms with Crippen LogP contribution in [0, 0.1) is 5.82 Å². The second kappa shape index (κ2) is 6.69.